The first-order chi connectivity index (χ1) is 12.6. The van der Waals surface area contributed by atoms with Gasteiger partial charge in [-0.05, 0) is 60.4 Å². The van der Waals surface area contributed by atoms with Gasteiger partial charge in [-0.3, -0.25) is 4.79 Å². The molecule has 0 aliphatic rings. The molecule has 0 aliphatic carbocycles. The highest BCUT2D eigenvalue weighted by Crippen LogP contribution is 2.34. The Morgan fingerprint density at radius 1 is 0.962 bits per heavy atom. The molecule has 140 valence electrons. The van der Waals surface area contributed by atoms with E-state index in [2.05, 4.69) is 19.2 Å². The highest BCUT2D eigenvalue weighted by molar-refractivity contribution is 5.94. The maximum absolute atomic E-state index is 12.7. The fraction of sp³-hybridized carbons (Fsp3) is 0.381. The minimum Gasteiger partial charge on any atom is -0.497 e. The number of rotatable bonds is 8. The molecule has 0 aliphatic heterocycles. The summed E-state index contributed by atoms with van der Waals surface area (Å²) in [5.74, 6) is 1.97. The Bertz CT molecular complexity index is 740. The Morgan fingerprint density at radius 3 is 2.08 bits per heavy atom. The van der Waals surface area contributed by atoms with Crippen LogP contribution in [0.5, 0.6) is 17.2 Å². The number of methoxy groups -OCH3 is 3. The molecule has 2 rings (SSSR count). The van der Waals surface area contributed by atoms with Gasteiger partial charge in [0.2, 0.25) is 0 Å². The van der Waals surface area contributed by atoms with Crippen LogP contribution in [0.1, 0.15) is 47.8 Å². The Kier molecular flexibility index (Phi) is 6.89. The van der Waals surface area contributed by atoms with E-state index in [0.29, 0.717) is 17.1 Å². The van der Waals surface area contributed by atoms with E-state index in [-0.39, 0.29) is 11.9 Å². The van der Waals surface area contributed by atoms with E-state index in [9.17, 15) is 4.79 Å². The molecule has 1 N–H and O–H groups in total. The zero-order valence-electron chi connectivity index (χ0n) is 16.1. The highest BCUT2D eigenvalue weighted by atomic mass is 16.5. The molecule has 1 atom stereocenters. The quantitative estimate of drug-likeness (QED) is 0.771. The van der Waals surface area contributed by atoms with Gasteiger partial charge in [0.05, 0.1) is 27.4 Å². The first kappa shape index (κ1) is 19.6. The SMILES string of the molecule is CCc1cc(OC)c(OC)cc1C(CC)NC(=O)c1ccc(OC)cc1. The molecule has 0 heterocycles. The summed E-state index contributed by atoms with van der Waals surface area (Å²) in [4.78, 5) is 12.7. The average Bonchev–Trinajstić information content (AvgIpc) is 2.70. The van der Waals surface area contributed by atoms with E-state index in [1.165, 1.54) is 0 Å². The van der Waals surface area contributed by atoms with Crippen molar-refractivity contribution in [3.8, 4) is 17.2 Å². The standard InChI is InChI=1S/C21H27NO4/c1-6-14-12-19(25-4)20(26-5)13-17(14)18(7-2)22-21(23)15-8-10-16(24-3)11-9-15/h8-13,18H,6-7H2,1-5H3,(H,22,23). The second-order valence-corrected chi connectivity index (χ2v) is 5.92. The largest absolute Gasteiger partial charge is 0.497 e. The summed E-state index contributed by atoms with van der Waals surface area (Å²) in [6.07, 6.45) is 1.61. The van der Waals surface area contributed by atoms with Gasteiger partial charge in [0.1, 0.15) is 5.75 Å². The fourth-order valence-electron chi connectivity index (χ4n) is 2.95. The lowest BCUT2D eigenvalue weighted by Crippen LogP contribution is -2.28. The third-order valence-electron chi connectivity index (χ3n) is 4.47. The number of ether oxygens (including phenoxy) is 3. The average molecular weight is 357 g/mol. The summed E-state index contributed by atoms with van der Waals surface area (Å²) in [7, 11) is 4.84. The molecule has 0 spiro atoms. The molecular formula is C21H27NO4. The van der Waals surface area contributed by atoms with Gasteiger partial charge in [0.25, 0.3) is 5.91 Å². The van der Waals surface area contributed by atoms with Gasteiger partial charge in [-0.15, -0.1) is 0 Å². The van der Waals surface area contributed by atoms with E-state index < -0.39 is 0 Å². The zero-order valence-corrected chi connectivity index (χ0v) is 16.1. The van der Waals surface area contributed by atoms with Crippen molar-refractivity contribution in [2.24, 2.45) is 0 Å². The van der Waals surface area contributed by atoms with Crippen LogP contribution in [0.4, 0.5) is 0 Å². The number of carbonyl (C=O) groups is 1. The van der Waals surface area contributed by atoms with Gasteiger partial charge < -0.3 is 19.5 Å². The Hall–Kier alpha value is -2.69. The summed E-state index contributed by atoms with van der Waals surface area (Å²) in [6.45, 7) is 4.14. The van der Waals surface area contributed by atoms with E-state index >= 15 is 0 Å². The molecule has 0 bridgehead atoms. The number of carbonyl (C=O) groups excluding carboxylic acids is 1. The van der Waals surface area contributed by atoms with Crippen LogP contribution in [0.15, 0.2) is 36.4 Å². The molecule has 1 amide bonds. The summed E-state index contributed by atoms with van der Waals surface area (Å²) in [5, 5.41) is 3.12. The summed E-state index contributed by atoms with van der Waals surface area (Å²) < 4.78 is 16.0. The van der Waals surface area contributed by atoms with Gasteiger partial charge in [0.15, 0.2) is 11.5 Å². The smallest absolute Gasteiger partial charge is 0.251 e. The van der Waals surface area contributed by atoms with Gasteiger partial charge in [-0.1, -0.05) is 13.8 Å². The Labute approximate surface area is 155 Å². The maximum Gasteiger partial charge on any atom is 0.251 e. The molecule has 1 unspecified atom stereocenters. The van der Waals surface area contributed by atoms with Gasteiger partial charge in [0, 0.05) is 5.56 Å². The van der Waals surface area contributed by atoms with Crippen LogP contribution in [0.3, 0.4) is 0 Å². The minimum absolute atomic E-state index is 0.112. The van der Waals surface area contributed by atoms with Crippen molar-refractivity contribution >= 4 is 5.91 Å². The van der Waals surface area contributed by atoms with Crippen molar-refractivity contribution in [3.63, 3.8) is 0 Å². The Morgan fingerprint density at radius 2 is 1.58 bits per heavy atom. The normalized spacial score (nSPS) is 11.6. The number of aryl methyl sites for hydroxylation is 1. The number of amides is 1. The van der Waals surface area contributed by atoms with Crippen LogP contribution in [-0.2, 0) is 6.42 Å². The predicted molar refractivity (Wildman–Crippen MR) is 102 cm³/mol. The van der Waals surface area contributed by atoms with Crippen molar-refractivity contribution in [1.29, 1.82) is 0 Å². The van der Waals surface area contributed by atoms with Crippen molar-refractivity contribution < 1.29 is 19.0 Å². The topological polar surface area (TPSA) is 56.8 Å². The number of hydrogen-bond acceptors (Lipinski definition) is 4. The third-order valence-corrected chi connectivity index (χ3v) is 4.47. The molecule has 5 heteroatoms. The summed E-state index contributed by atoms with van der Waals surface area (Å²) >= 11 is 0. The van der Waals surface area contributed by atoms with E-state index in [0.717, 1.165) is 29.7 Å². The van der Waals surface area contributed by atoms with Gasteiger partial charge >= 0.3 is 0 Å². The maximum atomic E-state index is 12.7. The summed E-state index contributed by atoms with van der Waals surface area (Å²) in [5.41, 5.74) is 2.78. The lowest BCUT2D eigenvalue weighted by Gasteiger charge is -2.22. The third kappa shape index (κ3) is 4.28. The minimum atomic E-state index is -0.114. The van der Waals surface area contributed by atoms with Crippen molar-refractivity contribution in [2.75, 3.05) is 21.3 Å². The fourth-order valence-corrected chi connectivity index (χ4v) is 2.95. The molecule has 0 saturated carbocycles. The highest BCUT2D eigenvalue weighted by Gasteiger charge is 2.19. The van der Waals surface area contributed by atoms with Crippen LogP contribution in [0, 0.1) is 0 Å². The number of hydrogen-bond donors (Lipinski definition) is 1. The van der Waals surface area contributed by atoms with Crippen LogP contribution >= 0.6 is 0 Å². The Balaban J connectivity index is 2.30. The molecule has 26 heavy (non-hydrogen) atoms. The van der Waals surface area contributed by atoms with Crippen molar-refractivity contribution in [1.82, 2.24) is 5.32 Å². The van der Waals surface area contributed by atoms with Gasteiger partial charge in [-0.25, -0.2) is 0 Å². The first-order valence-corrected chi connectivity index (χ1v) is 8.77. The molecule has 2 aromatic carbocycles. The predicted octanol–water partition coefficient (Wildman–Crippen LogP) is 4.16. The molecule has 0 saturated heterocycles. The van der Waals surface area contributed by atoms with Crippen LogP contribution in [0.2, 0.25) is 0 Å². The van der Waals surface area contributed by atoms with Gasteiger partial charge in [-0.2, -0.15) is 0 Å². The van der Waals surface area contributed by atoms with E-state index in [4.69, 9.17) is 14.2 Å². The second kappa shape index (κ2) is 9.13. The summed E-state index contributed by atoms with van der Waals surface area (Å²) in [6, 6.07) is 10.9. The van der Waals surface area contributed by atoms with Crippen LogP contribution in [-0.4, -0.2) is 27.2 Å². The molecule has 0 radical (unpaired) electrons. The zero-order chi connectivity index (χ0) is 19.1. The van der Waals surface area contributed by atoms with Crippen molar-refractivity contribution in [3.05, 3.63) is 53.1 Å². The lowest BCUT2D eigenvalue weighted by molar-refractivity contribution is 0.0935. The number of benzene rings is 2. The molecule has 5 nitrogen and oxygen atoms in total. The van der Waals surface area contributed by atoms with E-state index in [1.54, 1.807) is 45.6 Å². The number of nitrogens with one attached hydrogen (secondary N) is 1. The molecule has 0 fully saturated rings. The molecule has 0 aromatic heterocycles. The van der Waals surface area contributed by atoms with Crippen LogP contribution < -0.4 is 19.5 Å². The van der Waals surface area contributed by atoms with E-state index in [1.807, 2.05) is 12.1 Å². The van der Waals surface area contributed by atoms with Crippen LogP contribution in [0.25, 0.3) is 0 Å². The molecular weight excluding hydrogens is 330 g/mol. The van der Waals surface area contributed by atoms with Crippen molar-refractivity contribution in [2.45, 2.75) is 32.7 Å². The lowest BCUT2D eigenvalue weighted by atomic mass is 9.95. The second-order valence-electron chi connectivity index (χ2n) is 5.92. The molecule has 2 aromatic rings. The monoisotopic (exact) mass is 357 g/mol. The first-order valence-electron chi connectivity index (χ1n) is 8.77.